The van der Waals surface area contributed by atoms with E-state index < -0.39 is 10.0 Å². The van der Waals surface area contributed by atoms with Gasteiger partial charge < -0.3 is 11.1 Å². The Morgan fingerprint density at radius 1 is 0.864 bits per heavy atom. The maximum atomic E-state index is 14.0. The summed E-state index contributed by atoms with van der Waals surface area (Å²) in [7, 11) is -3.95. The van der Waals surface area contributed by atoms with E-state index in [2.05, 4.69) is 5.32 Å². The summed E-state index contributed by atoms with van der Waals surface area (Å²) >= 11 is 6.37. The Morgan fingerprint density at radius 3 is 2.09 bits per heavy atom. The van der Waals surface area contributed by atoms with Gasteiger partial charge in [0.15, 0.2) is 0 Å². The van der Waals surface area contributed by atoms with Gasteiger partial charge in [-0.15, -0.1) is 0 Å². The van der Waals surface area contributed by atoms with Crippen LogP contribution in [0, 0.1) is 11.8 Å². The van der Waals surface area contributed by atoms with Gasteiger partial charge in [-0.2, -0.15) is 4.31 Å². The van der Waals surface area contributed by atoms with Crippen molar-refractivity contribution >= 4 is 27.5 Å². The van der Waals surface area contributed by atoms with E-state index in [0.717, 1.165) is 61.1 Å². The molecule has 2 fully saturated rings. The van der Waals surface area contributed by atoms with Gasteiger partial charge in [-0.05, 0) is 105 Å². The molecule has 0 saturated heterocycles. The van der Waals surface area contributed by atoms with Gasteiger partial charge in [-0.1, -0.05) is 79.2 Å². The second-order valence-electron chi connectivity index (χ2n) is 12.9. The summed E-state index contributed by atoms with van der Waals surface area (Å²) < 4.78 is 29.3. The zero-order chi connectivity index (χ0) is 31.1. The number of nitrogens with two attached hydrogens (primary N) is 1. The van der Waals surface area contributed by atoms with Crippen molar-refractivity contribution in [2.24, 2.45) is 17.6 Å². The van der Waals surface area contributed by atoms with Crippen LogP contribution in [0.25, 0.3) is 11.1 Å². The third-order valence-electron chi connectivity index (χ3n) is 9.61. The minimum atomic E-state index is -3.95. The lowest BCUT2D eigenvalue weighted by Crippen LogP contribution is -2.46. The molecule has 3 aromatic rings. The van der Waals surface area contributed by atoms with E-state index >= 15 is 0 Å². The van der Waals surface area contributed by atoms with E-state index in [0.29, 0.717) is 17.0 Å². The maximum absolute atomic E-state index is 14.0. The average molecular weight is 636 g/mol. The number of halogens is 1. The summed E-state index contributed by atoms with van der Waals surface area (Å²) in [5, 5.41) is 3.78. The summed E-state index contributed by atoms with van der Waals surface area (Å²) in [4.78, 5) is 13.5. The lowest BCUT2D eigenvalue weighted by Gasteiger charge is -2.34. The Labute approximate surface area is 268 Å². The Hall–Kier alpha value is -2.71. The number of nitrogens with one attached hydrogen (secondary N) is 1. The molecule has 3 aromatic carbocycles. The average Bonchev–Trinajstić information content (AvgIpc) is 3.03. The molecule has 0 radical (unpaired) electrons. The van der Waals surface area contributed by atoms with Crippen LogP contribution < -0.4 is 11.1 Å². The molecule has 0 bridgehead atoms. The smallest absolute Gasteiger partial charge is 0.243 e. The third-order valence-corrected chi connectivity index (χ3v) is 11.8. The molecular formula is C36H46ClN3O3S. The predicted molar refractivity (Wildman–Crippen MR) is 179 cm³/mol. The molecule has 1 atom stereocenters. The standard InChI is InChI=1S/C36H46ClN3O3S/c1-26(29-7-3-2-4-8-29)24-40(44(42,43)33-21-15-30(16-22-33)34-9-5-6-10-35(34)37)25-36(41)39-32-19-13-28(14-20-32)23-27-11-17-31(38)18-12-27/h2-10,15-16,21-22,26-28,31-32H,11-14,17-20,23-25,38H2,1H3,(H,39,41). The zero-order valence-electron chi connectivity index (χ0n) is 25.7. The minimum Gasteiger partial charge on any atom is -0.352 e. The molecule has 6 nitrogen and oxygen atoms in total. The molecule has 0 heterocycles. The number of hydrogen-bond acceptors (Lipinski definition) is 4. The van der Waals surface area contributed by atoms with E-state index in [-0.39, 0.29) is 35.9 Å². The Balaban J connectivity index is 1.24. The molecule has 236 valence electrons. The number of benzene rings is 3. The van der Waals surface area contributed by atoms with Crippen molar-refractivity contribution < 1.29 is 13.2 Å². The first kappa shape index (κ1) is 32.7. The van der Waals surface area contributed by atoms with Crippen LogP contribution in [0.1, 0.15) is 76.2 Å². The first-order valence-corrected chi connectivity index (χ1v) is 18.0. The van der Waals surface area contributed by atoms with Crippen LogP contribution in [-0.4, -0.2) is 43.8 Å². The molecule has 8 heteroatoms. The molecular weight excluding hydrogens is 590 g/mol. The minimum absolute atomic E-state index is 0.0875. The van der Waals surface area contributed by atoms with Gasteiger partial charge in [-0.25, -0.2) is 8.42 Å². The normalized spacial score (nSPS) is 23.3. The summed E-state index contributed by atoms with van der Waals surface area (Å²) in [6.45, 7) is 1.98. The largest absolute Gasteiger partial charge is 0.352 e. The second-order valence-corrected chi connectivity index (χ2v) is 15.3. The van der Waals surface area contributed by atoms with Crippen LogP contribution in [0.4, 0.5) is 0 Å². The van der Waals surface area contributed by atoms with Gasteiger partial charge in [0.1, 0.15) is 0 Å². The number of carbonyl (C=O) groups is 1. The zero-order valence-corrected chi connectivity index (χ0v) is 27.3. The molecule has 44 heavy (non-hydrogen) atoms. The van der Waals surface area contributed by atoms with Crippen LogP contribution in [0.15, 0.2) is 83.8 Å². The van der Waals surface area contributed by atoms with Crippen molar-refractivity contribution in [2.45, 2.75) is 87.6 Å². The monoisotopic (exact) mass is 635 g/mol. The maximum Gasteiger partial charge on any atom is 0.243 e. The van der Waals surface area contributed by atoms with Crippen molar-refractivity contribution in [1.29, 1.82) is 0 Å². The van der Waals surface area contributed by atoms with Gasteiger partial charge in [0.25, 0.3) is 0 Å². The van der Waals surface area contributed by atoms with Gasteiger partial charge >= 0.3 is 0 Å². The van der Waals surface area contributed by atoms with Gasteiger partial charge in [0.2, 0.25) is 15.9 Å². The molecule has 0 spiro atoms. The molecule has 5 rings (SSSR count). The molecule has 1 unspecified atom stereocenters. The number of rotatable bonds is 11. The first-order chi connectivity index (χ1) is 21.2. The van der Waals surface area contributed by atoms with E-state index in [1.807, 2.05) is 61.5 Å². The Bertz CT molecular complexity index is 1470. The first-order valence-electron chi connectivity index (χ1n) is 16.1. The van der Waals surface area contributed by atoms with Crippen LogP contribution in [0.3, 0.4) is 0 Å². The summed E-state index contributed by atoms with van der Waals surface area (Å²) in [5.74, 6) is 1.16. The highest BCUT2D eigenvalue weighted by atomic mass is 35.5. The summed E-state index contributed by atoms with van der Waals surface area (Å²) in [6, 6.07) is 24.5. The fourth-order valence-corrected chi connectivity index (χ4v) is 8.69. The van der Waals surface area contributed by atoms with E-state index in [4.69, 9.17) is 17.3 Å². The van der Waals surface area contributed by atoms with Crippen molar-refractivity contribution in [3.05, 3.63) is 89.4 Å². The number of carbonyl (C=O) groups excluding carboxylic acids is 1. The fourth-order valence-electron chi connectivity index (χ4n) is 6.96. The third kappa shape index (κ3) is 8.51. The van der Waals surface area contributed by atoms with Gasteiger partial charge in [0, 0.05) is 29.2 Å². The van der Waals surface area contributed by atoms with Crippen LogP contribution in [-0.2, 0) is 14.8 Å². The van der Waals surface area contributed by atoms with Crippen molar-refractivity contribution in [2.75, 3.05) is 13.1 Å². The van der Waals surface area contributed by atoms with Crippen LogP contribution in [0.5, 0.6) is 0 Å². The van der Waals surface area contributed by atoms with E-state index in [1.54, 1.807) is 24.3 Å². The summed E-state index contributed by atoms with van der Waals surface area (Å²) in [6.07, 6.45) is 10.1. The lowest BCUT2D eigenvalue weighted by atomic mass is 9.76. The van der Waals surface area contributed by atoms with Crippen molar-refractivity contribution in [3.63, 3.8) is 0 Å². The Kier molecular flexibility index (Phi) is 11.2. The van der Waals surface area contributed by atoms with E-state index in [1.165, 1.54) is 23.6 Å². The molecule has 1 amide bonds. The Morgan fingerprint density at radius 2 is 1.45 bits per heavy atom. The molecule has 0 aliphatic heterocycles. The van der Waals surface area contributed by atoms with Crippen molar-refractivity contribution in [3.8, 4) is 11.1 Å². The van der Waals surface area contributed by atoms with Gasteiger partial charge in [0.05, 0.1) is 11.4 Å². The quantitative estimate of drug-likeness (QED) is 0.230. The lowest BCUT2D eigenvalue weighted by molar-refractivity contribution is -0.122. The SMILES string of the molecule is CC(CN(CC(=O)NC1CCC(CC2CCC(N)CC2)CC1)S(=O)(=O)c1ccc(-c2ccccc2Cl)cc1)c1ccccc1. The number of sulfonamides is 1. The van der Waals surface area contributed by atoms with Crippen molar-refractivity contribution in [1.82, 2.24) is 9.62 Å². The molecule has 0 aromatic heterocycles. The molecule has 3 N–H and O–H groups in total. The van der Waals surface area contributed by atoms with Crippen LogP contribution in [0.2, 0.25) is 5.02 Å². The highest BCUT2D eigenvalue weighted by molar-refractivity contribution is 7.89. The van der Waals surface area contributed by atoms with Crippen LogP contribution >= 0.6 is 11.6 Å². The fraction of sp³-hybridized carbons (Fsp3) is 0.472. The number of hydrogen-bond donors (Lipinski definition) is 2. The molecule has 2 aliphatic rings. The number of nitrogens with zero attached hydrogens (tertiary/aromatic N) is 1. The number of amides is 1. The molecule has 2 saturated carbocycles. The predicted octanol–water partition coefficient (Wildman–Crippen LogP) is 7.38. The topological polar surface area (TPSA) is 92.5 Å². The second kappa shape index (κ2) is 15.0. The molecule has 2 aliphatic carbocycles. The highest BCUT2D eigenvalue weighted by Gasteiger charge is 2.31. The van der Waals surface area contributed by atoms with E-state index in [9.17, 15) is 13.2 Å². The highest BCUT2D eigenvalue weighted by Crippen LogP contribution is 2.35. The summed E-state index contributed by atoms with van der Waals surface area (Å²) in [5.41, 5.74) is 8.79. The van der Waals surface area contributed by atoms with Gasteiger partial charge in [-0.3, -0.25) is 4.79 Å².